The molecule has 3 rings (SSSR count). The van der Waals surface area contributed by atoms with E-state index in [2.05, 4.69) is 21.2 Å². The molecule has 0 heterocycles. The molecule has 2 amide bonds. The van der Waals surface area contributed by atoms with Crippen molar-refractivity contribution in [2.24, 2.45) is 0 Å². The second-order valence-electron chi connectivity index (χ2n) is 9.83. The normalized spacial score (nSPS) is 12.5. The quantitative estimate of drug-likeness (QED) is 0.336. The van der Waals surface area contributed by atoms with Gasteiger partial charge in [0, 0.05) is 21.6 Å². The van der Waals surface area contributed by atoms with Crippen LogP contribution in [0.1, 0.15) is 33.3 Å². The molecule has 0 fully saturated rings. The minimum atomic E-state index is -4.11. The van der Waals surface area contributed by atoms with Crippen LogP contribution in [-0.4, -0.2) is 43.3 Å². The Morgan fingerprint density at radius 2 is 1.53 bits per heavy atom. The van der Waals surface area contributed by atoms with Crippen molar-refractivity contribution in [2.45, 2.75) is 50.7 Å². The fourth-order valence-electron chi connectivity index (χ4n) is 3.72. The van der Waals surface area contributed by atoms with Crippen molar-refractivity contribution in [1.82, 2.24) is 10.2 Å². The monoisotopic (exact) mass is 619 g/mol. The van der Waals surface area contributed by atoms with Crippen LogP contribution >= 0.6 is 27.5 Å². The molecule has 0 spiro atoms. The summed E-state index contributed by atoms with van der Waals surface area (Å²) in [5.74, 6) is -0.914. The summed E-state index contributed by atoms with van der Waals surface area (Å²) < 4.78 is 29.3. The summed E-state index contributed by atoms with van der Waals surface area (Å²) in [6.45, 7) is 6.66. The highest BCUT2D eigenvalue weighted by Crippen LogP contribution is 2.26. The van der Waals surface area contributed by atoms with E-state index in [0.29, 0.717) is 16.3 Å². The first kappa shape index (κ1) is 29.7. The number of benzene rings is 3. The summed E-state index contributed by atoms with van der Waals surface area (Å²) in [5.41, 5.74) is 0.429. The smallest absolute Gasteiger partial charge is 0.264 e. The second kappa shape index (κ2) is 12.3. The maximum Gasteiger partial charge on any atom is 0.264 e. The van der Waals surface area contributed by atoms with Crippen molar-refractivity contribution < 1.29 is 18.0 Å². The van der Waals surface area contributed by atoms with E-state index in [1.807, 2.05) is 20.8 Å². The average molecular weight is 621 g/mol. The fourth-order valence-corrected chi connectivity index (χ4v) is 5.62. The van der Waals surface area contributed by atoms with E-state index < -0.39 is 34.1 Å². The lowest BCUT2D eigenvalue weighted by Crippen LogP contribution is -2.54. The van der Waals surface area contributed by atoms with Crippen molar-refractivity contribution in [1.29, 1.82) is 0 Å². The standard InChI is InChI=1S/C28H31BrClN3O4S/c1-20(27(35)31-28(2,3)4)32(18-21-10-8-9-13-25(21)30)26(34)19-33(23-16-14-22(29)15-17-23)38(36,37)24-11-6-5-7-12-24/h5-17,20H,18-19H2,1-4H3,(H,31,35)/t20-/m0/s1. The first-order valence-electron chi connectivity index (χ1n) is 12.0. The molecule has 0 aliphatic heterocycles. The Kier molecular flexibility index (Phi) is 9.62. The Morgan fingerprint density at radius 1 is 0.947 bits per heavy atom. The number of nitrogens with one attached hydrogen (secondary N) is 1. The topological polar surface area (TPSA) is 86.8 Å². The van der Waals surface area contributed by atoms with Gasteiger partial charge in [0.15, 0.2) is 0 Å². The highest BCUT2D eigenvalue weighted by molar-refractivity contribution is 9.10. The highest BCUT2D eigenvalue weighted by Gasteiger charge is 2.33. The third kappa shape index (κ3) is 7.58. The zero-order chi connectivity index (χ0) is 28.1. The molecule has 0 bridgehead atoms. The maximum absolute atomic E-state index is 13.9. The zero-order valence-corrected chi connectivity index (χ0v) is 24.8. The van der Waals surface area contributed by atoms with Crippen LogP contribution in [0.4, 0.5) is 5.69 Å². The van der Waals surface area contributed by atoms with Crippen LogP contribution in [0.3, 0.4) is 0 Å². The van der Waals surface area contributed by atoms with Crippen LogP contribution < -0.4 is 9.62 Å². The van der Waals surface area contributed by atoms with Gasteiger partial charge in [-0.1, -0.05) is 63.9 Å². The third-order valence-corrected chi connectivity index (χ3v) is 8.37. The minimum absolute atomic E-state index is 0.0246. The lowest BCUT2D eigenvalue weighted by molar-refractivity contribution is -0.140. The van der Waals surface area contributed by atoms with Crippen molar-refractivity contribution in [3.63, 3.8) is 0 Å². The lowest BCUT2D eigenvalue weighted by Gasteiger charge is -2.33. The SMILES string of the molecule is C[C@@H](C(=O)NC(C)(C)C)N(Cc1ccccc1Cl)C(=O)CN(c1ccc(Br)cc1)S(=O)(=O)c1ccccc1. The Bertz CT molecular complexity index is 1380. The molecule has 0 aliphatic rings. The average Bonchev–Trinajstić information content (AvgIpc) is 2.86. The van der Waals surface area contributed by atoms with Crippen molar-refractivity contribution in [3.8, 4) is 0 Å². The predicted octanol–water partition coefficient (Wildman–Crippen LogP) is 5.63. The summed E-state index contributed by atoms with van der Waals surface area (Å²) in [4.78, 5) is 28.4. The number of anilines is 1. The number of hydrogen-bond acceptors (Lipinski definition) is 4. The molecule has 7 nitrogen and oxygen atoms in total. The molecule has 3 aromatic carbocycles. The van der Waals surface area contributed by atoms with Gasteiger partial charge in [0.05, 0.1) is 10.6 Å². The molecule has 38 heavy (non-hydrogen) atoms. The molecule has 10 heteroatoms. The predicted molar refractivity (Wildman–Crippen MR) is 154 cm³/mol. The molecule has 3 aromatic rings. The summed E-state index contributed by atoms with van der Waals surface area (Å²) >= 11 is 9.75. The first-order valence-corrected chi connectivity index (χ1v) is 14.6. The van der Waals surface area contributed by atoms with Crippen LogP contribution in [0.5, 0.6) is 0 Å². The number of rotatable bonds is 9. The summed E-state index contributed by atoms with van der Waals surface area (Å²) in [6, 6.07) is 20.7. The van der Waals surface area contributed by atoms with Gasteiger partial charge in [0.2, 0.25) is 11.8 Å². The molecule has 0 aromatic heterocycles. The van der Waals surface area contributed by atoms with Crippen LogP contribution in [-0.2, 0) is 26.2 Å². The van der Waals surface area contributed by atoms with Crippen LogP contribution in [0.15, 0.2) is 88.2 Å². The second-order valence-corrected chi connectivity index (χ2v) is 13.0. The molecule has 202 valence electrons. The molecule has 1 N–H and O–H groups in total. The molecule has 1 atom stereocenters. The van der Waals surface area contributed by atoms with Gasteiger partial charge in [-0.2, -0.15) is 0 Å². The number of sulfonamides is 1. The molecular weight excluding hydrogens is 590 g/mol. The van der Waals surface area contributed by atoms with Gasteiger partial charge in [-0.25, -0.2) is 8.42 Å². The van der Waals surface area contributed by atoms with Gasteiger partial charge in [-0.05, 0) is 75.7 Å². The van der Waals surface area contributed by atoms with Crippen molar-refractivity contribution in [2.75, 3.05) is 10.8 Å². The summed E-state index contributed by atoms with van der Waals surface area (Å²) in [6.07, 6.45) is 0. The van der Waals surface area contributed by atoms with Gasteiger partial charge in [0.25, 0.3) is 10.0 Å². The molecule has 0 saturated heterocycles. The van der Waals surface area contributed by atoms with Gasteiger partial charge in [-0.15, -0.1) is 0 Å². The number of nitrogens with zero attached hydrogens (tertiary/aromatic N) is 2. The number of amides is 2. The lowest BCUT2D eigenvalue weighted by atomic mass is 10.1. The Hall–Kier alpha value is -2.88. The Balaban J connectivity index is 2.03. The van der Waals surface area contributed by atoms with Crippen LogP contribution in [0.25, 0.3) is 0 Å². The number of halogens is 2. The molecule has 0 unspecified atom stereocenters. The van der Waals surface area contributed by atoms with Crippen LogP contribution in [0, 0.1) is 0 Å². The first-order chi connectivity index (χ1) is 17.8. The van der Waals surface area contributed by atoms with E-state index in [0.717, 1.165) is 8.78 Å². The van der Waals surface area contributed by atoms with E-state index in [4.69, 9.17) is 11.6 Å². The summed E-state index contributed by atoms with van der Waals surface area (Å²) in [5, 5.41) is 3.34. The zero-order valence-electron chi connectivity index (χ0n) is 21.7. The fraction of sp³-hybridized carbons (Fsp3) is 0.286. The van der Waals surface area contributed by atoms with Crippen molar-refractivity contribution >= 4 is 55.1 Å². The number of carbonyl (C=O) groups excluding carboxylic acids is 2. The molecular formula is C28H31BrClN3O4S. The van der Waals surface area contributed by atoms with Crippen LogP contribution in [0.2, 0.25) is 5.02 Å². The number of hydrogen-bond donors (Lipinski definition) is 1. The van der Waals surface area contributed by atoms with E-state index in [-0.39, 0.29) is 17.3 Å². The molecule has 0 aliphatic carbocycles. The highest BCUT2D eigenvalue weighted by atomic mass is 79.9. The largest absolute Gasteiger partial charge is 0.350 e. The van der Waals surface area contributed by atoms with E-state index in [1.165, 1.54) is 17.0 Å². The van der Waals surface area contributed by atoms with Gasteiger partial charge >= 0.3 is 0 Å². The minimum Gasteiger partial charge on any atom is -0.350 e. The maximum atomic E-state index is 13.9. The van der Waals surface area contributed by atoms with E-state index in [9.17, 15) is 18.0 Å². The Labute approximate surface area is 238 Å². The van der Waals surface area contributed by atoms with Gasteiger partial charge in [-0.3, -0.25) is 13.9 Å². The van der Waals surface area contributed by atoms with Gasteiger partial charge < -0.3 is 10.2 Å². The third-order valence-electron chi connectivity index (χ3n) is 5.69. The molecule has 0 radical (unpaired) electrons. The molecule has 0 saturated carbocycles. The summed E-state index contributed by atoms with van der Waals surface area (Å²) in [7, 11) is -4.11. The Morgan fingerprint density at radius 3 is 2.11 bits per heavy atom. The van der Waals surface area contributed by atoms with E-state index in [1.54, 1.807) is 73.7 Å². The van der Waals surface area contributed by atoms with Gasteiger partial charge in [0.1, 0.15) is 12.6 Å². The van der Waals surface area contributed by atoms with Crippen molar-refractivity contribution in [3.05, 3.63) is 93.9 Å². The number of carbonyl (C=O) groups is 2. The van der Waals surface area contributed by atoms with E-state index >= 15 is 0 Å².